The minimum Gasteiger partial charge on any atom is -0.493 e. The van der Waals surface area contributed by atoms with Gasteiger partial charge in [0.05, 0.1) is 6.61 Å². The molecular formula is C13H17F2NOS. The molecule has 0 saturated heterocycles. The highest BCUT2D eigenvalue weighted by Gasteiger charge is 2.18. The van der Waals surface area contributed by atoms with Crippen molar-refractivity contribution in [3.63, 3.8) is 0 Å². The maximum absolute atomic E-state index is 13.6. The molecule has 0 bridgehead atoms. The smallest absolute Gasteiger partial charge is 0.134 e. The van der Waals surface area contributed by atoms with Crippen molar-refractivity contribution >= 4 is 12.8 Å². The predicted octanol–water partition coefficient (Wildman–Crippen LogP) is 3.47. The number of halogens is 2. The Kier molecular flexibility index (Phi) is 4.83. The van der Waals surface area contributed by atoms with Crippen molar-refractivity contribution in [1.82, 2.24) is 4.72 Å². The summed E-state index contributed by atoms with van der Waals surface area (Å²) in [5.41, 5.74) is 0.324. The highest BCUT2D eigenvalue weighted by atomic mass is 32.1. The lowest BCUT2D eigenvalue weighted by molar-refractivity contribution is 0.247. The Labute approximate surface area is 111 Å². The molecule has 1 N–H and O–H groups in total. The molecule has 1 fully saturated rings. The Hall–Kier alpha value is -0.810. The summed E-state index contributed by atoms with van der Waals surface area (Å²) in [7, 11) is 0. The first kappa shape index (κ1) is 13.6. The summed E-state index contributed by atoms with van der Waals surface area (Å²) in [6.45, 7) is 0.734. The summed E-state index contributed by atoms with van der Waals surface area (Å²) in [5.74, 6) is -0.427. The second-order valence-electron chi connectivity index (χ2n) is 4.66. The number of benzene rings is 1. The van der Waals surface area contributed by atoms with Crippen LogP contribution in [0.25, 0.3) is 0 Å². The molecule has 5 heteroatoms. The molecule has 1 aromatic rings. The van der Waals surface area contributed by atoms with Crippen LogP contribution in [-0.2, 0) is 6.54 Å². The van der Waals surface area contributed by atoms with Gasteiger partial charge in [0.25, 0.3) is 0 Å². The van der Waals surface area contributed by atoms with Crippen molar-refractivity contribution < 1.29 is 13.5 Å². The second kappa shape index (κ2) is 6.38. The van der Waals surface area contributed by atoms with Gasteiger partial charge in [0.2, 0.25) is 0 Å². The molecule has 0 radical (unpaired) electrons. The van der Waals surface area contributed by atoms with Gasteiger partial charge >= 0.3 is 0 Å². The van der Waals surface area contributed by atoms with E-state index >= 15 is 0 Å². The van der Waals surface area contributed by atoms with E-state index in [0.29, 0.717) is 18.1 Å². The van der Waals surface area contributed by atoms with E-state index in [-0.39, 0.29) is 12.3 Å². The van der Waals surface area contributed by atoms with Crippen LogP contribution in [0.2, 0.25) is 0 Å². The second-order valence-corrected chi connectivity index (χ2v) is 4.98. The Bertz CT molecular complexity index is 408. The molecule has 2 nitrogen and oxygen atoms in total. The van der Waals surface area contributed by atoms with E-state index in [2.05, 4.69) is 17.5 Å². The van der Waals surface area contributed by atoms with E-state index in [4.69, 9.17) is 4.74 Å². The standard InChI is InChI=1S/C13H17F2NOS/c14-10-5-12(15)11(7-16-18)13(6-10)17-8-9-3-1-2-4-9/h5-6,9,16,18H,1-4,7-8H2. The predicted molar refractivity (Wildman–Crippen MR) is 69.6 cm³/mol. The molecule has 0 atom stereocenters. The average molecular weight is 273 g/mol. The van der Waals surface area contributed by atoms with Gasteiger partial charge in [-0.05, 0) is 18.8 Å². The molecule has 1 aliphatic rings. The largest absolute Gasteiger partial charge is 0.493 e. The first-order valence-electron chi connectivity index (χ1n) is 6.18. The summed E-state index contributed by atoms with van der Waals surface area (Å²) in [4.78, 5) is 0. The van der Waals surface area contributed by atoms with Crippen molar-refractivity contribution in [2.75, 3.05) is 6.61 Å². The fourth-order valence-electron chi connectivity index (χ4n) is 2.34. The van der Waals surface area contributed by atoms with Gasteiger partial charge in [-0.3, -0.25) is 4.72 Å². The van der Waals surface area contributed by atoms with E-state index < -0.39 is 11.6 Å². The van der Waals surface area contributed by atoms with Gasteiger partial charge < -0.3 is 4.74 Å². The van der Waals surface area contributed by atoms with Crippen LogP contribution in [0.15, 0.2) is 12.1 Å². The van der Waals surface area contributed by atoms with Gasteiger partial charge in [-0.2, -0.15) is 0 Å². The number of nitrogens with one attached hydrogen (secondary N) is 1. The third-order valence-corrected chi connectivity index (χ3v) is 3.48. The van der Waals surface area contributed by atoms with Gasteiger partial charge in [-0.25, -0.2) is 8.78 Å². The molecule has 1 aromatic carbocycles. The normalized spacial score (nSPS) is 16.2. The molecule has 100 valence electrons. The van der Waals surface area contributed by atoms with E-state index in [1.165, 1.54) is 18.9 Å². The first-order valence-corrected chi connectivity index (χ1v) is 6.63. The summed E-state index contributed by atoms with van der Waals surface area (Å²) in [6, 6.07) is 2.10. The number of hydrogen-bond acceptors (Lipinski definition) is 3. The van der Waals surface area contributed by atoms with Crippen LogP contribution < -0.4 is 9.46 Å². The van der Waals surface area contributed by atoms with Crippen LogP contribution in [0.3, 0.4) is 0 Å². The van der Waals surface area contributed by atoms with Crippen molar-refractivity contribution in [2.45, 2.75) is 32.2 Å². The molecule has 0 aromatic heterocycles. The Morgan fingerprint density at radius 1 is 1.28 bits per heavy atom. The number of thiol groups is 1. The van der Waals surface area contributed by atoms with Crippen LogP contribution in [0, 0.1) is 17.6 Å². The van der Waals surface area contributed by atoms with Crippen LogP contribution >= 0.6 is 12.8 Å². The highest BCUT2D eigenvalue weighted by molar-refractivity contribution is 7.78. The molecular weight excluding hydrogens is 256 g/mol. The molecule has 0 aliphatic heterocycles. The maximum Gasteiger partial charge on any atom is 0.134 e. The fraction of sp³-hybridized carbons (Fsp3) is 0.538. The number of ether oxygens (including phenoxy) is 1. The molecule has 2 rings (SSSR count). The quantitative estimate of drug-likeness (QED) is 0.802. The molecule has 0 heterocycles. The molecule has 0 spiro atoms. The summed E-state index contributed by atoms with van der Waals surface area (Å²) >= 11 is 3.84. The van der Waals surface area contributed by atoms with Crippen LogP contribution in [0.1, 0.15) is 31.2 Å². The molecule has 1 aliphatic carbocycles. The zero-order chi connectivity index (χ0) is 13.0. The topological polar surface area (TPSA) is 21.3 Å². The summed E-state index contributed by atoms with van der Waals surface area (Å²) in [5, 5.41) is 0. The molecule has 0 amide bonds. The molecule has 1 saturated carbocycles. The third kappa shape index (κ3) is 3.36. The number of hydrogen-bond donors (Lipinski definition) is 2. The van der Waals surface area contributed by atoms with Gasteiger partial charge in [0.15, 0.2) is 0 Å². The lowest BCUT2D eigenvalue weighted by atomic mass is 10.1. The molecule has 0 unspecified atom stereocenters. The minimum atomic E-state index is -0.614. The minimum absolute atomic E-state index is 0.204. The lowest BCUT2D eigenvalue weighted by Crippen LogP contribution is -2.12. The van der Waals surface area contributed by atoms with Crippen LogP contribution in [-0.4, -0.2) is 6.61 Å². The van der Waals surface area contributed by atoms with Crippen LogP contribution in [0.4, 0.5) is 8.78 Å². The first-order chi connectivity index (χ1) is 8.70. The van der Waals surface area contributed by atoms with Crippen molar-refractivity contribution in [3.05, 3.63) is 29.3 Å². The Balaban J connectivity index is 2.08. The van der Waals surface area contributed by atoms with Gasteiger partial charge in [-0.15, -0.1) is 0 Å². The van der Waals surface area contributed by atoms with Crippen molar-refractivity contribution in [1.29, 1.82) is 0 Å². The van der Waals surface area contributed by atoms with E-state index in [0.717, 1.165) is 18.9 Å². The highest BCUT2D eigenvalue weighted by Crippen LogP contribution is 2.28. The lowest BCUT2D eigenvalue weighted by Gasteiger charge is -2.15. The van der Waals surface area contributed by atoms with Crippen molar-refractivity contribution in [2.24, 2.45) is 5.92 Å². The third-order valence-electron chi connectivity index (χ3n) is 3.32. The van der Waals surface area contributed by atoms with Gasteiger partial charge in [0, 0.05) is 24.2 Å². The SMILES string of the molecule is Fc1cc(F)c(CNS)c(OCC2CCCC2)c1. The average Bonchev–Trinajstić information content (AvgIpc) is 2.83. The van der Waals surface area contributed by atoms with Gasteiger partial charge in [0.1, 0.15) is 17.4 Å². The zero-order valence-electron chi connectivity index (χ0n) is 10.1. The monoisotopic (exact) mass is 273 g/mol. The van der Waals surface area contributed by atoms with Gasteiger partial charge in [-0.1, -0.05) is 25.7 Å². The van der Waals surface area contributed by atoms with Crippen molar-refractivity contribution in [3.8, 4) is 5.75 Å². The number of rotatable bonds is 5. The summed E-state index contributed by atoms with van der Waals surface area (Å²) in [6.07, 6.45) is 4.71. The summed E-state index contributed by atoms with van der Waals surface area (Å²) < 4.78 is 34.9. The fourth-order valence-corrected chi connectivity index (χ4v) is 2.50. The van der Waals surface area contributed by atoms with E-state index in [1.807, 2.05) is 0 Å². The Morgan fingerprint density at radius 3 is 2.67 bits per heavy atom. The Morgan fingerprint density at radius 2 is 2.00 bits per heavy atom. The van der Waals surface area contributed by atoms with E-state index in [9.17, 15) is 8.78 Å². The van der Waals surface area contributed by atoms with Crippen LogP contribution in [0.5, 0.6) is 5.75 Å². The molecule has 18 heavy (non-hydrogen) atoms. The maximum atomic E-state index is 13.6. The van der Waals surface area contributed by atoms with E-state index in [1.54, 1.807) is 0 Å². The zero-order valence-corrected chi connectivity index (χ0v) is 11.0.